The van der Waals surface area contributed by atoms with Crippen molar-refractivity contribution in [3.63, 3.8) is 0 Å². The number of aryl methyl sites for hydroxylation is 1. The van der Waals surface area contributed by atoms with Crippen molar-refractivity contribution in [2.75, 3.05) is 13.7 Å². The van der Waals surface area contributed by atoms with Crippen LogP contribution in [0.15, 0.2) is 39.9 Å². The fraction of sp³-hybridized carbons (Fsp3) is 0.167. The molecule has 0 aliphatic carbocycles. The number of nitrogens with one attached hydrogen (secondary N) is 1. The number of rotatable bonds is 7. The second kappa shape index (κ2) is 9.38. The van der Waals surface area contributed by atoms with E-state index in [4.69, 9.17) is 26.2 Å². The van der Waals surface area contributed by atoms with Crippen LogP contribution in [0.3, 0.4) is 0 Å². The van der Waals surface area contributed by atoms with Gasteiger partial charge in [0.25, 0.3) is 5.91 Å². The van der Waals surface area contributed by atoms with Gasteiger partial charge in [-0.25, -0.2) is 10.2 Å². The molecule has 0 bridgehead atoms. The van der Waals surface area contributed by atoms with Crippen LogP contribution in [-0.2, 0) is 4.79 Å². The number of hydrogen-bond acceptors (Lipinski definition) is 5. The molecule has 0 fully saturated rings. The molecule has 2 rings (SSSR count). The van der Waals surface area contributed by atoms with Crippen molar-refractivity contribution in [2.45, 2.75) is 6.92 Å². The van der Waals surface area contributed by atoms with E-state index in [-0.39, 0.29) is 5.75 Å². The summed E-state index contributed by atoms with van der Waals surface area (Å²) in [4.78, 5) is 22.8. The molecule has 1 amide bonds. The van der Waals surface area contributed by atoms with Crippen LogP contribution in [-0.4, -0.2) is 36.9 Å². The quantitative estimate of drug-likeness (QED) is 0.491. The lowest BCUT2D eigenvalue weighted by Gasteiger charge is -2.11. The molecule has 0 radical (unpaired) electrons. The van der Waals surface area contributed by atoms with Crippen molar-refractivity contribution >= 4 is 45.6 Å². The van der Waals surface area contributed by atoms with E-state index in [2.05, 4.69) is 26.5 Å². The highest BCUT2D eigenvalue weighted by atomic mass is 79.9. The van der Waals surface area contributed by atoms with E-state index in [1.807, 2.05) is 6.92 Å². The zero-order chi connectivity index (χ0) is 20.0. The van der Waals surface area contributed by atoms with Gasteiger partial charge < -0.3 is 14.6 Å². The largest absolute Gasteiger partial charge is 0.493 e. The smallest absolute Gasteiger partial charge is 0.341 e. The lowest BCUT2D eigenvalue weighted by atomic mass is 10.1. The number of carbonyl (C=O) groups is 2. The Morgan fingerprint density at radius 1 is 1.30 bits per heavy atom. The average molecular weight is 456 g/mol. The number of hydrogen-bond donors (Lipinski definition) is 2. The predicted octanol–water partition coefficient (Wildman–Crippen LogP) is 3.65. The molecular weight excluding hydrogens is 440 g/mol. The maximum Gasteiger partial charge on any atom is 0.341 e. The number of halogens is 2. The molecule has 27 heavy (non-hydrogen) atoms. The number of amides is 1. The van der Waals surface area contributed by atoms with Crippen molar-refractivity contribution in [1.82, 2.24) is 5.43 Å². The van der Waals surface area contributed by atoms with Gasteiger partial charge in [-0.3, -0.25) is 4.79 Å². The van der Waals surface area contributed by atoms with E-state index >= 15 is 0 Å². The van der Waals surface area contributed by atoms with Gasteiger partial charge in [-0.05, 0) is 52.7 Å². The minimum absolute atomic E-state index is 0.263. The summed E-state index contributed by atoms with van der Waals surface area (Å²) < 4.78 is 10.9. The van der Waals surface area contributed by atoms with Gasteiger partial charge in [-0.1, -0.05) is 17.7 Å². The summed E-state index contributed by atoms with van der Waals surface area (Å²) in [6.45, 7) is 1.38. The Balaban J connectivity index is 2.14. The Kier molecular flexibility index (Phi) is 7.20. The number of carbonyl (C=O) groups excluding carboxylic acids is 1. The number of carboxylic acids is 1. The summed E-state index contributed by atoms with van der Waals surface area (Å²) in [6.07, 6.45) is 1.41. The van der Waals surface area contributed by atoms with Crippen molar-refractivity contribution < 1.29 is 24.2 Å². The number of aliphatic carboxylic acids is 1. The van der Waals surface area contributed by atoms with Crippen LogP contribution in [0.5, 0.6) is 11.5 Å². The minimum Gasteiger partial charge on any atom is -0.493 e. The Morgan fingerprint density at radius 3 is 2.67 bits per heavy atom. The van der Waals surface area contributed by atoms with Crippen LogP contribution in [0, 0.1) is 6.92 Å². The maximum atomic E-state index is 12.2. The Morgan fingerprint density at radius 2 is 2.04 bits per heavy atom. The van der Waals surface area contributed by atoms with Crippen LogP contribution >= 0.6 is 27.5 Å². The SMILES string of the molecule is COc1cc(/C=N\NC(=O)c2ccc(C)cc2Cl)c(Br)cc1OCC(=O)O. The Bertz CT molecular complexity index is 902. The first kappa shape index (κ1) is 20.7. The lowest BCUT2D eigenvalue weighted by molar-refractivity contribution is -0.139. The highest BCUT2D eigenvalue weighted by Gasteiger charge is 2.12. The second-order valence-electron chi connectivity index (χ2n) is 5.39. The summed E-state index contributed by atoms with van der Waals surface area (Å²) in [7, 11) is 1.43. The number of carboxylic acid groups (broad SMARTS) is 1. The number of methoxy groups -OCH3 is 1. The third-order valence-electron chi connectivity index (χ3n) is 3.37. The summed E-state index contributed by atoms with van der Waals surface area (Å²) in [5.74, 6) is -0.953. The van der Waals surface area contributed by atoms with E-state index in [1.165, 1.54) is 13.3 Å². The summed E-state index contributed by atoms with van der Waals surface area (Å²) >= 11 is 9.40. The third kappa shape index (κ3) is 5.70. The van der Waals surface area contributed by atoms with Gasteiger partial charge in [0.05, 0.1) is 23.9 Å². The third-order valence-corrected chi connectivity index (χ3v) is 4.37. The molecule has 9 heteroatoms. The maximum absolute atomic E-state index is 12.2. The molecule has 2 N–H and O–H groups in total. The lowest BCUT2D eigenvalue weighted by Crippen LogP contribution is -2.18. The first-order valence-electron chi connectivity index (χ1n) is 7.63. The van der Waals surface area contributed by atoms with Crippen LogP contribution in [0.1, 0.15) is 21.5 Å². The zero-order valence-electron chi connectivity index (χ0n) is 14.5. The van der Waals surface area contributed by atoms with Crippen LogP contribution in [0.25, 0.3) is 0 Å². The molecule has 2 aromatic rings. The Labute approximate surface area is 169 Å². The zero-order valence-corrected chi connectivity index (χ0v) is 16.8. The van der Waals surface area contributed by atoms with Crippen molar-refractivity contribution in [3.8, 4) is 11.5 Å². The monoisotopic (exact) mass is 454 g/mol. The molecule has 0 heterocycles. The molecule has 0 atom stereocenters. The molecule has 142 valence electrons. The average Bonchev–Trinajstić information content (AvgIpc) is 2.61. The van der Waals surface area contributed by atoms with E-state index < -0.39 is 18.5 Å². The molecule has 0 saturated heterocycles. The molecule has 7 nitrogen and oxygen atoms in total. The van der Waals surface area contributed by atoms with Gasteiger partial charge >= 0.3 is 5.97 Å². The van der Waals surface area contributed by atoms with E-state index in [9.17, 15) is 9.59 Å². The van der Waals surface area contributed by atoms with Gasteiger partial charge in [0, 0.05) is 10.0 Å². The molecule has 0 aromatic heterocycles. The van der Waals surface area contributed by atoms with Gasteiger partial charge in [0.15, 0.2) is 18.1 Å². The van der Waals surface area contributed by atoms with Crippen molar-refractivity contribution in [2.24, 2.45) is 5.10 Å². The normalized spacial score (nSPS) is 10.7. The van der Waals surface area contributed by atoms with E-state index in [0.29, 0.717) is 26.4 Å². The summed E-state index contributed by atoms with van der Waals surface area (Å²) in [6, 6.07) is 8.24. The standard InChI is InChI=1S/C18H16BrClN2O5/c1-10-3-4-12(14(20)5-10)18(25)22-21-8-11-6-15(26-2)16(7-13(11)19)27-9-17(23)24/h3-8H,9H2,1-2H3,(H,22,25)(H,23,24)/b21-8-. The van der Waals surface area contributed by atoms with Gasteiger partial charge in [0.1, 0.15) is 0 Å². The predicted molar refractivity (Wildman–Crippen MR) is 105 cm³/mol. The van der Waals surface area contributed by atoms with Crippen molar-refractivity contribution in [1.29, 1.82) is 0 Å². The molecule has 0 aliphatic rings. The fourth-order valence-electron chi connectivity index (χ4n) is 2.09. The first-order valence-corrected chi connectivity index (χ1v) is 8.80. The number of ether oxygens (including phenoxy) is 2. The number of hydrazone groups is 1. The minimum atomic E-state index is -1.10. The highest BCUT2D eigenvalue weighted by molar-refractivity contribution is 9.10. The van der Waals surface area contributed by atoms with Crippen LogP contribution in [0.4, 0.5) is 0 Å². The molecule has 0 spiro atoms. The van der Waals surface area contributed by atoms with E-state index in [0.717, 1.165) is 5.56 Å². The van der Waals surface area contributed by atoms with Crippen LogP contribution < -0.4 is 14.9 Å². The number of benzene rings is 2. The molecule has 0 aliphatic heterocycles. The molecule has 2 aromatic carbocycles. The van der Waals surface area contributed by atoms with Gasteiger partial charge in [-0.2, -0.15) is 5.10 Å². The fourth-order valence-corrected chi connectivity index (χ4v) is 2.83. The highest BCUT2D eigenvalue weighted by Crippen LogP contribution is 2.32. The first-order chi connectivity index (χ1) is 12.8. The molecule has 0 unspecified atom stereocenters. The summed E-state index contributed by atoms with van der Waals surface area (Å²) in [5.41, 5.74) is 4.25. The summed E-state index contributed by atoms with van der Waals surface area (Å²) in [5, 5.41) is 13.0. The Hall–Kier alpha value is -2.58. The number of nitrogens with zero attached hydrogens (tertiary/aromatic N) is 1. The van der Waals surface area contributed by atoms with Gasteiger partial charge in [0.2, 0.25) is 0 Å². The van der Waals surface area contributed by atoms with Crippen LogP contribution in [0.2, 0.25) is 5.02 Å². The van der Waals surface area contributed by atoms with E-state index in [1.54, 1.807) is 30.3 Å². The topological polar surface area (TPSA) is 97.2 Å². The molecular formula is C18H16BrClN2O5. The van der Waals surface area contributed by atoms with Crippen molar-refractivity contribution in [3.05, 3.63) is 56.5 Å². The second-order valence-corrected chi connectivity index (χ2v) is 6.65. The molecule has 0 saturated carbocycles. The van der Waals surface area contributed by atoms with Gasteiger partial charge in [-0.15, -0.1) is 0 Å².